The van der Waals surface area contributed by atoms with Crippen molar-refractivity contribution in [3.8, 4) is 0 Å². The molecule has 0 unspecified atom stereocenters. The molecule has 0 aromatic heterocycles. The topological polar surface area (TPSA) is 95.9 Å². The average molecular weight is 348 g/mol. The third kappa shape index (κ3) is 3.91. The maximum atomic E-state index is 12.0. The second kappa shape index (κ2) is 5.88. The van der Waals surface area contributed by atoms with E-state index in [9.17, 15) is 33.0 Å². The molecular weight excluding hydrogens is 339 g/mol. The van der Waals surface area contributed by atoms with Gasteiger partial charge in [-0.05, 0) is 6.08 Å². The SMILES string of the molecule is O=C1O[C@@H]([C@@H](O)[C@H](O)CBr)C=C1NC(=O)C(F)(F)F. The first-order chi connectivity index (χ1) is 8.66. The number of amides is 1. The Bertz CT molecular complexity index is 411. The van der Waals surface area contributed by atoms with Crippen molar-refractivity contribution in [2.45, 2.75) is 24.5 Å². The van der Waals surface area contributed by atoms with Crippen LogP contribution in [0, 0.1) is 0 Å². The van der Waals surface area contributed by atoms with Crippen LogP contribution in [0.3, 0.4) is 0 Å². The molecule has 1 heterocycles. The van der Waals surface area contributed by atoms with E-state index in [4.69, 9.17) is 0 Å². The number of esters is 1. The minimum absolute atomic E-state index is 0.0275. The van der Waals surface area contributed by atoms with E-state index in [0.29, 0.717) is 0 Å². The molecule has 0 radical (unpaired) electrons. The number of rotatable bonds is 4. The molecule has 0 aromatic carbocycles. The summed E-state index contributed by atoms with van der Waals surface area (Å²) in [5, 5.41) is 20.1. The standard InChI is InChI=1S/C9H9BrF3NO5/c10-2-4(15)6(16)5-1-3(7(17)19-5)14-8(18)9(11,12)13/h1,4-6,15-16H,2H2,(H,14,18)/t4-,5-,6+/m1/s1. The summed E-state index contributed by atoms with van der Waals surface area (Å²) in [6.07, 6.45) is -8.48. The van der Waals surface area contributed by atoms with Crippen LogP contribution in [0.5, 0.6) is 0 Å². The lowest BCUT2D eigenvalue weighted by molar-refractivity contribution is -0.173. The summed E-state index contributed by atoms with van der Waals surface area (Å²) in [5.74, 6) is -3.55. The Kier molecular flexibility index (Phi) is 4.93. The summed E-state index contributed by atoms with van der Waals surface area (Å²) >= 11 is 2.87. The predicted octanol–water partition coefficient (Wildman–Crippen LogP) is -0.409. The molecule has 1 aliphatic rings. The van der Waals surface area contributed by atoms with E-state index < -0.39 is 42.1 Å². The fourth-order valence-electron chi connectivity index (χ4n) is 1.22. The Morgan fingerprint density at radius 3 is 2.58 bits per heavy atom. The summed E-state index contributed by atoms with van der Waals surface area (Å²) < 4.78 is 40.5. The molecule has 10 heteroatoms. The van der Waals surface area contributed by atoms with Crippen molar-refractivity contribution >= 4 is 27.8 Å². The molecule has 3 N–H and O–H groups in total. The molecule has 0 spiro atoms. The molecule has 0 saturated heterocycles. The van der Waals surface area contributed by atoms with Gasteiger partial charge in [0, 0.05) is 5.33 Å². The number of carbonyl (C=O) groups excluding carboxylic acids is 2. The zero-order valence-corrected chi connectivity index (χ0v) is 10.7. The maximum absolute atomic E-state index is 12.0. The number of aliphatic hydroxyl groups excluding tert-OH is 2. The van der Waals surface area contributed by atoms with E-state index >= 15 is 0 Å². The maximum Gasteiger partial charge on any atom is 0.471 e. The zero-order chi connectivity index (χ0) is 14.8. The van der Waals surface area contributed by atoms with Gasteiger partial charge in [-0.2, -0.15) is 13.2 Å². The summed E-state index contributed by atoms with van der Waals surface area (Å²) in [5.41, 5.74) is -0.729. The summed E-state index contributed by atoms with van der Waals surface area (Å²) in [4.78, 5) is 21.8. The van der Waals surface area contributed by atoms with Gasteiger partial charge in [0.05, 0.1) is 6.10 Å². The van der Waals surface area contributed by atoms with Gasteiger partial charge < -0.3 is 20.3 Å². The summed E-state index contributed by atoms with van der Waals surface area (Å²) in [7, 11) is 0. The lowest BCUT2D eigenvalue weighted by atomic mass is 10.1. The van der Waals surface area contributed by atoms with Crippen LogP contribution in [0.1, 0.15) is 0 Å². The highest BCUT2D eigenvalue weighted by atomic mass is 79.9. The molecule has 3 atom stereocenters. The monoisotopic (exact) mass is 347 g/mol. The van der Waals surface area contributed by atoms with Gasteiger partial charge in [0.2, 0.25) is 0 Å². The average Bonchev–Trinajstić information content (AvgIpc) is 2.67. The Morgan fingerprint density at radius 2 is 2.11 bits per heavy atom. The van der Waals surface area contributed by atoms with E-state index in [1.807, 2.05) is 0 Å². The minimum Gasteiger partial charge on any atom is -0.450 e. The Hall–Kier alpha value is -1.13. The van der Waals surface area contributed by atoms with Gasteiger partial charge in [0.25, 0.3) is 0 Å². The number of hydrogen-bond acceptors (Lipinski definition) is 5. The smallest absolute Gasteiger partial charge is 0.450 e. The molecule has 0 bridgehead atoms. The van der Waals surface area contributed by atoms with E-state index in [1.165, 1.54) is 5.32 Å². The number of halogens is 4. The van der Waals surface area contributed by atoms with Crippen molar-refractivity contribution in [3.05, 3.63) is 11.8 Å². The first-order valence-electron chi connectivity index (χ1n) is 4.90. The number of cyclic esters (lactones) is 1. The van der Waals surface area contributed by atoms with E-state index in [2.05, 4.69) is 20.7 Å². The summed E-state index contributed by atoms with van der Waals surface area (Å²) in [6, 6.07) is 0. The Morgan fingerprint density at radius 1 is 1.53 bits per heavy atom. The number of hydrogen-bond donors (Lipinski definition) is 3. The van der Waals surface area contributed by atoms with Crippen molar-refractivity contribution in [1.29, 1.82) is 0 Å². The molecular formula is C9H9BrF3NO5. The molecule has 1 amide bonds. The first kappa shape index (κ1) is 15.9. The van der Waals surface area contributed by atoms with Crippen LogP contribution >= 0.6 is 15.9 Å². The molecule has 6 nitrogen and oxygen atoms in total. The third-order valence-electron chi connectivity index (χ3n) is 2.19. The van der Waals surface area contributed by atoms with Gasteiger partial charge in [-0.3, -0.25) is 4.79 Å². The van der Waals surface area contributed by atoms with Crippen molar-refractivity contribution in [2.75, 3.05) is 5.33 Å². The van der Waals surface area contributed by atoms with Crippen molar-refractivity contribution in [3.63, 3.8) is 0 Å². The van der Waals surface area contributed by atoms with Crippen LogP contribution in [0.2, 0.25) is 0 Å². The molecule has 1 aliphatic heterocycles. The van der Waals surface area contributed by atoms with Crippen molar-refractivity contribution in [2.24, 2.45) is 0 Å². The number of carbonyl (C=O) groups is 2. The largest absolute Gasteiger partial charge is 0.471 e. The fourth-order valence-corrected chi connectivity index (χ4v) is 1.60. The number of alkyl halides is 4. The third-order valence-corrected chi connectivity index (χ3v) is 2.85. The van der Waals surface area contributed by atoms with Gasteiger partial charge in [0.15, 0.2) is 6.10 Å². The van der Waals surface area contributed by atoms with Crippen molar-refractivity contribution < 1.29 is 37.7 Å². The van der Waals surface area contributed by atoms with Gasteiger partial charge in [-0.1, -0.05) is 15.9 Å². The molecule has 19 heavy (non-hydrogen) atoms. The molecule has 0 saturated carbocycles. The first-order valence-corrected chi connectivity index (χ1v) is 6.02. The van der Waals surface area contributed by atoms with E-state index in [0.717, 1.165) is 6.08 Å². The lowest BCUT2D eigenvalue weighted by Gasteiger charge is -2.19. The molecule has 0 aromatic rings. The molecule has 108 valence electrons. The molecule has 0 fully saturated rings. The van der Waals surface area contributed by atoms with Crippen LogP contribution in [0.25, 0.3) is 0 Å². The van der Waals surface area contributed by atoms with Crippen LogP contribution in [0.15, 0.2) is 11.8 Å². The second-order valence-electron chi connectivity index (χ2n) is 3.61. The lowest BCUT2D eigenvalue weighted by Crippen LogP contribution is -2.38. The highest BCUT2D eigenvalue weighted by molar-refractivity contribution is 9.09. The van der Waals surface area contributed by atoms with Gasteiger partial charge in [-0.25, -0.2) is 4.79 Å². The highest BCUT2D eigenvalue weighted by Crippen LogP contribution is 2.20. The van der Waals surface area contributed by atoms with Crippen molar-refractivity contribution in [1.82, 2.24) is 5.32 Å². The minimum atomic E-state index is -5.15. The van der Waals surface area contributed by atoms with E-state index in [1.54, 1.807) is 0 Å². The summed E-state index contributed by atoms with van der Waals surface area (Å²) in [6.45, 7) is 0. The van der Waals surface area contributed by atoms with E-state index in [-0.39, 0.29) is 5.33 Å². The normalized spacial score (nSPS) is 22.5. The molecule has 1 rings (SSSR count). The fraction of sp³-hybridized carbons (Fsp3) is 0.556. The Labute approximate surface area is 113 Å². The van der Waals surface area contributed by atoms with Crippen LogP contribution in [0.4, 0.5) is 13.2 Å². The number of aliphatic hydroxyl groups is 2. The number of ether oxygens (including phenoxy) is 1. The highest BCUT2D eigenvalue weighted by Gasteiger charge is 2.42. The molecule has 0 aliphatic carbocycles. The second-order valence-corrected chi connectivity index (χ2v) is 4.26. The van der Waals surface area contributed by atoms with Gasteiger partial charge in [0.1, 0.15) is 11.8 Å². The van der Waals surface area contributed by atoms with Crippen LogP contribution < -0.4 is 5.32 Å². The van der Waals surface area contributed by atoms with Gasteiger partial charge in [-0.15, -0.1) is 0 Å². The van der Waals surface area contributed by atoms with Gasteiger partial charge >= 0.3 is 18.1 Å². The van der Waals surface area contributed by atoms with Crippen LogP contribution in [-0.2, 0) is 14.3 Å². The number of nitrogens with one attached hydrogen (secondary N) is 1. The predicted molar refractivity (Wildman–Crippen MR) is 58.0 cm³/mol. The quantitative estimate of drug-likeness (QED) is 0.474. The zero-order valence-electron chi connectivity index (χ0n) is 9.15. The van der Waals surface area contributed by atoms with Crippen LogP contribution in [-0.4, -0.2) is 51.9 Å². The Balaban J connectivity index is 2.75.